The molecule has 0 bridgehead atoms. The molecule has 0 aliphatic heterocycles. The van der Waals surface area contributed by atoms with Gasteiger partial charge in [0.25, 0.3) is 0 Å². The first kappa shape index (κ1) is 23.0. The van der Waals surface area contributed by atoms with Gasteiger partial charge >= 0.3 is 0 Å². The van der Waals surface area contributed by atoms with Gasteiger partial charge < -0.3 is 4.90 Å². The van der Waals surface area contributed by atoms with Crippen molar-refractivity contribution in [1.29, 1.82) is 0 Å². The van der Waals surface area contributed by atoms with Crippen LogP contribution in [-0.2, 0) is 0 Å². The van der Waals surface area contributed by atoms with Crippen LogP contribution in [0.25, 0.3) is 52.8 Å². The largest absolute Gasteiger partial charge is 0.310 e. The van der Waals surface area contributed by atoms with Gasteiger partial charge in [-0.2, -0.15) is 0 Å². The second-order valence-corrected chi connectivity index (χ2v) is 11.2. The van der Waals surface area contributed by atoms with Crippen LogP contribution in [-0.4, -0.2) is 0 Å². The molecule has 1 nitrogen and oxygen atoms in total. The van der Waals surface area contributed by atoms with Crippen molar-refractivity contribution in [2.45, 2.75) is 0 Å². The average molecular weight is 528 g/mol. The summed E-state index contributed by atoms with van der Waals surface area (Å²) in [5, 5.41) is 7.72. The summed E-state index contributed by atoms with van der Waals surface area (Å²) in [6, 6.07) is 54.8. The molecule has 0 fully saturated rings. The minimum absolute atomic E-state index is 1.15. The molecule has 0 spiro atoms. The predicted molar refractivity (Wildman–Crippen MR) is 174 cm³/mol. The lowest BCUT2D eigenvalue weighted by Gasteiger charge is -2.27. The Kier molecular flexibility index (Phi) is 5.39. The lowest BCUT2D eigenvalue weighted by atomic mass is 9.95. The monoisotopic (exact) mass is 527 g/mol. The first-order chi connectivity index (χ1) is 19.8. The number of para-hydroxylation sites is 1. The molecule has 0 N–H and O–H groups in total. The Bertz CT molecular complexity index is 2150. The standard InChI is InChI=1S/C38H25NS/c1-3-12-27(13-4-1)34-25-35-32-23-22-29(24-37(32)40-38(35)33-20-10-9-19-31(33)34)39(28-16-5-2-6-17-28)36-21-11-15-26-14-7-8-18-30(26)36/h1-25H. The van der Waals surface area contributed by atoms with Gasteiger partial charge in [-0.15, -0.1) is 11.3 Å². The lowest BCUT2D eigenvalue weighted by molar-refractivity contribution is 1.30. The maximum absolute atomic E-state index is 2.39. The van der Waals surface area contributed by atoms with Crippen molar-refractivity contribution >= 4 is 70.1 Å². The van der Waals surface area contributed by atoms with Gasteiger partial charge in [0.15, 0.2) is 0 Å². The molecular formula is C38H25NS. The number of anilines is 3. The fourth-order valence-corrected chi connectivity index (χ4v) is 7.24. The summed E-state index contributed by atoms with van der Waals surface area (Å²) < 4.78 is 2.64. The first-order valence-corrected chi connectivity index (χ1v) is 14.4. The fraction of sp³-hybridized carbons (Fsp3) is 0. The van der Waals surface area contributed by atoms with Crippen molar-refractivity contribution in [2.75, 3.05) is 4.90 Å². The molecule has 7 aromatic carbocycles. The van der Waals surface area contributed by atoms with Crippen molar-refractivity contribution < 1.29 is 0 Å². The molecular weight excluding hydrogens is 502 g/mol. The molecule has 1 heterocycles. The van der Waals surface area contributed by atoms with E-state index in [-0.39, 0.29) is 0 Å². The molecule has 40 heavy (non-hydrogen) atoms. The molecule has 2 heteroatoms. The van der Waals surface area contributed by atoms with Gasteiger partial charge in [-0.05, 0) is 58.3 Å². The molecule has 0 unspecified atom stereocenters. The summed E-state index contributed by atoms with van der Waals surface area (Å²) in [5.74, 6) is 0. The number of thiophene rings is 1. The quantitative estimate of drug-likeness (QED) is 0.220. The van der Waals surface area contributed by atoms with Crippen LogP contribution in [0.3, 0.4) is 0 Å². The molecule has 0 saturated heterocycles. The zero-order chi connectivity index (χ0) is 26.5. The van der Waals surface area contributed by atoms with E-state index in [2.05, 4.69) is 157 Å². The van der Waals surface area contributed by atoms with Gasteiger partial charge in [-0.1, -0.05) is 115 Å². The normalized spacial score (nSPS) is 11.5. The second kappa shape index (κ2) is 9.37. The maximum atomic E-state index is 2.39. The van der Waals surface area contributed by atoms with E-state index in [1.54, 1.807) is 0 Å². The minimum Gasteiger partial charge on any atom is -0.310 e. The fourth-order valence-electron chi connectivity index (χ4n) is 5.99. The van der Waals surface area contributed by atoms with Gasteiger partial charge in [-0.25, -0.2) is 0 Å². The second-order valence-electron chi connectivity index (χ2n) is 10.2. The summed E-state index contributed by atoms with van der Waals surface area (Å²) in [5.41, 5.74) is 6.03. The number of fused-ring (bicyclic) bond motifs is 6. The van der Waals surface area contributed by atoms with Gasteiger partial charge in [0.2, 0.25) is 0 Å². The predicted octanol–water partition coefficient (Wildman–Crippen LogP) is 11.5. The highest BCUT2D eigenvalue weighted by Crippen LogP contribution is 2.45. The van der Waals surface area contributed by atoms with Crippen molar-refractivity contribution in [3.63, 3.8) is 0 Å². The Labute approximate surface area is 237 Å². The summed E-state index contributed by atoms with van der Waals surface area (Å²) in [4.78, 5) is 2.39. The van der Waals surface area contributed by atoms with E-state index in [1.165, 1.54) is 58.5 Å². The van der Waals surface area contributed by atoms with E-state index in [4.69, 9.17) is 0 Å². The van der Waals surface area contributed by atoms with Crippen molar-refractivity contribution in [3.05, 3.63) is 152 Å². The average Bonchev–Trinajstić information content (AvgIpc) is 3.40. The molecule has 0 amide bonds. The Morgan fingerprint density at radius 1 is 0.425 bits per heavy atom. The molecule has 0 aliphatic rings. The van der Waals surface area contributed by atoms with E-state index in [9.17, 15) is 0 Å². The Morgan fingerprint density at radius 3 is 1.93 bits per heavy atom. The van der Waals surface area contributed by atoms with Gasteiger partial charge in [-0.3, -0.25) is 0 Å². The van der Waals surface area contributed by atoms with E-state index < -0.39 is 0 Å². The van der Waals surface area contributed by atoms with Gasteiger partial charge in [0, 0.05) is 42.3 Å². The number of benzene rings is 7. The van der Waals surface area contributed by atoms with Crippen molar-refractivity contribution in [3.8, 4) is 11.1 Å². The van der Waals surface area contributed by atoms with E-state index >= 15 is 0 Å². The number of hydrogen-bond acceptors (Lipinski definition) is 2. The van der Waals surface area contributed by atoms with Crippen LogP contribution in [0.5, 0.6) is 0 Å². The van der Waals surface area contributed by atoms with E-state index in [0.717, 1.165) is 11.4 Å². The molecule has 0 radical (unpaired) electrons. The van der Waals surface area contributed by atoms with Gasteiger partial charge in [0.1, 0.15) is 0 Å². The van der Waals surface area contributed by atoms with Crippen LogP contribution in [0.4, 0.5) is 17.1 Å². The Hall–Kier alpha value is -4.92. The number of nitrogens with zero attached hydrogens (tertiary/aromatic N) is 1. The molecule has 1 aromatic heterocycles. The summed E-state index contributed by atoms with van der Waals surface area (Å²) in [6.07, 6.45) is 0. The van der Waals surface area contributed by atoms with Gasteiger partial charge in [0.05, 0.1) is 5.69 Å². The lowest BCUT2D eigenvalue weighted by Crippen LogP contribution is -2.10. The maximum Gasteiger partial charge on any atom is 0.0540 e. The van der Waals surface area contributed by atoms with Crippen LogP contribution in [0.2, 0.25) is 0 Å². The summed E-state index contributed by atoms with van der Waals surface area (Å²) >= 11 is 1.89. The molecule has 0 atom stereocenters. The third-order valence-corrected chi connectivity index (χ3v) is 9.03. The topological polar surface area (TPSA) is 3.24 Å². The highest BCUT2D eigenvalue weighted by Gasteiger charge is 2.18. The van der Waals surface area contributed by atoms with Crippen molar-refractivity contribution in [1.82, 2.24) is 0 Å². The smallest absolute Gasteiger partial charge is 0.0540 e. The Morgan fingerprint density at radius 2 is 1.10 bits per heavy atom. The van der Waals surface area contributed by atoms with Crippen LogP contribution in [0.1, 0.15) is 0 Å². The van der Waals surface area contributed by atoms with Crippen LogP contribution < -0.4 is 4.90 Å². The third-order valence-electron chi connectivity index (χ3n) is 7.83. The van der Waals surface area contributed by atoms with Crippen LogP contribution in [0, 0.1) is 0 Å². The molecule has 8 aromatic rings. The summed E-state index contributed by atoms with van der Waals surface area (Å²) in [6.45, 7) is 0. The number of hydrogen-bond donors (Lipinski definition) is 0. The highest BCUT2D eigenvalue weighted by atomic mass is 32.1. The molecule has 188 valence electrons. The van der Waals surface area contributed by atoms with E-state index in [0.29, 0.717) is 0 Å². The van der Waals surface area contributed by atoms with Crippen LogP contribution in [0.15, 0.2) is 152 Å². The zero-order valence-electron chi connectivity index (χ0n) is 21.8. The minimum atomic E-state index is 1.15. The molecule has 0 aliphatic carbocycles. The summed E-state index contributed by atoms with van der Waals surface area (Å²) in [7, 11) is 0. The number of rotatable bonds is 4. The first-order valence-electron chi connectivity index (χ1n) is 13.6. The van der Waals surface area contributed by atoms with Crippen LogP contribution >= 0.6 is 11.3 Å². The van der Waals surface area contributed by atoms with E-state index in [1.807, 2.05) is 11.3 Å². The van der Waals surface area contributed by atoms with Crippen molar-refractivity contribution in [2.24, 2.45) is 0 Å². The highest BCUT2D eigenvalue weighted by molar-refractivity contribution is 7.26. The zero-order valence-corrected chi connectivity index (χ0v) is 22.6. The third kappa shape index (κ3) is 3.69. The Balaban J connectivity index is 1.38. The molecule has 0 saturated carbocycles. The molecule has 8 rings (SSSR count). The SMILES string of the molecule is c1ccc(-c2cc3c4ccc(N(c5ccccc5)c5cccc6ccccc56)cc4sc3c3ccccc23)cc1.